The van der Waals surface area contributed by atoms with Crippen LogP contribution in [0.4, 0.5) is 22.0 Å². The number of aromatic carboxylic acids is 1. The Morgan fingerprint density at radius 2 is 2.00 bits per heavy atom. The fraction of sp³-hybridized carbons (Fsp3) is 0.375. The Labute approximate surface area is 91.1 Å². The van der Waals surface area contributed by atoms with Crippen molar-refractivity contribution in [2.75, 3.05) is 0 Å². The lowest BCUT2D eigenvalue weighted by atomic mass is 10.2. The highest BCUT2D eigenvalue weighted by Gasteiger charge is 2.31. The summed E-state index contributed by atoms with van der Waals surface area (Å²) in [6, 6.07) is 0. The van der Waals surface area contributed by atoms with Gasteiger partial charge in [-0.15, -0.1) is 0 Å². The first-order valence-corrected chi connectivity index (χ1v) is 4.14. The van der Waals surface area contributed by atoms with Gasteiger partial charge in [-0.25, -0.2) is 23.5 Å². The Morgan fingerprint density at radius 3 is 2.41 bits per heavy atom. The molecule has 0 amide bonds. The standard InChI is InChI=1S/C8H5F5N2O2/c9-6(10)5-3(7(16)17)2-14-4(15-5)1-8(11,12)13/h2,6H,1H2,(H,16,17). The molecule has 0 saturated carbocycles. The van der Waals surface area contributed by atoms with Crippen LogP contribution in [0.15, 0.2) is 6.20 Å². The summed E-state index contributed by atoms with van der Waals surface area (Å²) in [5.74, 6) is -2.61. The van der Waals surface area contributed by atoms with Gasteiger partial charge in [0, 0.05) is 6.20 Å². The van der Waals surface area contributed by atoms with E-state index in [1.165, 1.54) is 0 Å². The van der Waals surface area contributed by atoms with Crippen LogP contribution in [0.1, 0.15) is 28.3 Å². The van der Waals surface area contributed by atoms with Crippen molar-refractivity contribution in [1.82, 2.24) is 9.97 Å². The highest BCUT2D eigenvalue weighted by Crippen LogP contribution is 2.23. The average molecular weight is 256 g/mol. The topological polar surface area (TPSA) is 63.1 Å². The van der Waals surface area contributed by atoms with E-state index in [1.807, 2.05) is 0 Å². The van der Waals surface area contributed by atoms with Gasteiger partial charge in [-0.1, -0.05) is 0 Å². The van der Waals surface area contributed by atoms with Crippen LogP contribution in [0.25, 0.3) is 0 Å². The molecule has 0 atom stereocenters. The first kappa shape index (κ1) is 13.3. The maximum absolute atomic E-state index is 12.4. The molecule has 0 bridgehead atoms. The second-order valence-electron chi connectivity index (χ2n) is 2.98. The number of carbonyl (C=O) groups is 1. The molecule has 0 aromatic carbocycles. The third-order valence-electron chi connectivity index (χ3n) is 1.66. The summed E-state index contributed by atoms with van der Waals surface area (Å²) in [6.45, 7) is 0. The predicted molar refractivity (Wildman–Crippen MR) is 43.7 cm³/mol. The van der Waals surface area contributed by atoms with Gasteiger partial charge in [-0.05, 0) is 0 Å². The molecule has 0 fully saturated rings. The van der Waals surface area contributed by atoms with Crippen molar-refractivity contribution in [2.24, 2.45) is 0 Å². The van der Waals surface area contributed by atoms with Gasteiger partial charge in [0.15, 0.2) is 0 Å². The number of aromatic nitrogens is 2. The third-order valence-corrected chi connectivity index (χ3v) is 1.66. The van der Waals surface area contributed by atoms with E-state index in [0.717, 1.165) is 0 Å². The number of hydrogen-bond acceptors (Lipinski definition) is 3. The SMILES string of the molecule is O=C(O)c1cnc(CC(F)(F)F)nc1C(F)F. The molecule has 0 aliphatic heterocycles. The fourth-order valence-corrected chi connectivity index (χ4v) is 1.03. The third kappa shape index (κ3) is 3.61. The number of rotatable bonds is 3. The molecule has 1 N–H and O–H groups in total. The number of alkyl halides is 5. The summed E-state index contributed by atoms with van der Waals surface area (Å²) in [5.41, 5.74) is -2.13. The van der Waals surface area contributed by atoms with E-state index in [4.69, 9.17) is 5.11 Å². The summed E-state index contributed by atoms with van der Waals surface area (Å²) in [5, 5.41) is 8.50. The van der Waals surface area contributed by atoms with Gasteiger partial charge in [-0.2, -0.15) is 13.2 Å². The molecule has 17 heavy (non-hydrogen) atoms. The first-order valence-electron chi connectivity index (χ1n) is 4.14. The molecule has 0 unspecified atom stereocenters. The van der Waals surface area contributed by atoms with Crippen molar-refractivity contribution in [3.63, 3.8) is 0 Å². The van der Waals surface area contributed by atoms with Gasteiger partial charge < -0.3 is 5.11 Å². The molecule has 1 aromatic heterocycles. The predicted octanol–water partition coefficient (Wildman–Crippen LogP) is 2.22. The Balaban J connectivity index is 3.15. The number of carboxylic acid groups (broad SMARTS) is 1. The van der Waals surface area contributed by atoms with E-state index in [1.54, 1.807) is 0 Å². The van der Waals surface area contributed by atoms with Crippen molar-refractivity contribution in [3.05, 3.63) is 23.3 Å². The molecule has 9 heteroatoms. The van der Waals surface area contributed by atoms with Gasteiger partial charge >= 0.3 is 12.1 Å². The van der Waals surface area contributed by atoms with Gasteiger partial charge in [-0.3, -0.25) is 0 Å². The summed E-state index contributed by atoms with van der Waals surface area (Å²) in [4.78, 5) is 16.5. The molecule has 1 rings (SSSR count). The van der Waals surface area contributed by atoms with Gasteiger partial charge in [0.1, 0.15) is 23.5 Å². The highest BCUT2D eigenvalue weighted by atomic mass is 19.4. The molecule has 0 saturated heterocycles. The minimum absolute atomic E-state index is 0.442. The molecule has 0 spiro atoms. The molecule has 0 radical (unpaired) electrons. The number of hydrogen-bond donors (Lipinski definition) is 1. The molecule has 0 aliphatic rings. The summed E-state index contributed by atoms with van der Waals surface area (Å²) >= 11 is 0. The van der Waals surface area contributed by atoms with Gasteiger partial charge in [0.25, 0.3) is 6.43 Å². The fourth-order valence-electron chi connectivity index (χ4n) is 1.03. The zero-order chi connectivity index (χ0) is 13.2. The van der Waals surface area contributed by atoms with Crippen molar-refractivity contribution >= 4 is 5.97 Å². The van der Waals surface area contributed by atoms with Crippen LogP contribution in [0.5, 0.6) is 0 Å². The Kier molecular flexibility index (Phi) is 3.59. The van der Waals surface area contributed by atoms with Crippen molar-refractivity contribution in [2.45, 2.75) is 19.0 Å². The van der Waals surface area contributed by atoms with E-state index >= 15 is 0 Å². The minimum Gasteiger partial charge on any atom is -0.478 e. The average Bonchev–Trinajstić information content (AvgIpc) is 2.14. The van der Waals surface area contributed by atoms with Gasteiger partial charge in [0.05, 0.1) is 0 Å². The smallest absolute Gasteiger partial charge is 0.396 e. The number of halogens is 5. The molecule has 4 nitrogen and oxygen atoms in total. The molecule has 1 heterocycles. The normalized spacial score (nSPS) is 11.9. The van der Waals surface area contributed by atoms with Crippen molar-refractivity contribution in [3.8, 4) is 0 Å². The second-order valence-corrected chi connectivity index (χ2v) is 2.98. The first-order chi connectivity index (χ1) is 7.70. The number of carboxylic acids is 1. The van der Waals surface area contributed by atoms with Crippen molar-refractivity contribution < 1.29 is 31.9 Å². The van der Waals surface area contributed by atoms with Crippen LogP contribution < -0.4 is 0 Å². The van der Waals surface area contributed by atoms with E-state index in [9.17, 15) is 26.7 Å². The van der Waals surface area contributed by atoms with Crippen LogP contribution >= 0.6 is 0 Å². The Hall–Kier alpha value is -1.80. The Bertz CT molecular complexity index is 432. The van der Waals surface area contributed by atoms with E-state index in [2.05, 4.69) is 9.97 Å². The molecular weight excluding hydrogens is 251 g/mol. The lowest BCUT2D eigenvalue weighted by Gasteiger charge is -2.08. The zero-order valence-electron chi connectivity index (χ0n) is 8.00. The summed E-state index contributed by atoms with van der Waals surface area (Å²) < 4.78 is 60.6. The number of nitrogens with zero attached hydrogens (tertiary/aromatic N) is 2. The van der Waals surface area contributed by atoms with E-state index < -0.39 is 42.1 Å². The van der Waals surface area contributed by atoms with Crippen LogP contribution in [-0.4, -0.2) is 27.2 Å². The molecule has 1 aromatic rings. The van der Waals surface area contributed by atoms with Crippen LogP contribution in [0.3, 0.4) is 0 Å². The summed E-state index contributed by atoms with van der Waals surface area (Å²) in [6.07, 6.45) is -9.08. The maximum atomic E-state index is 12.4. The maximum Gasteiger partial charge on any atom is 0.396 e. The van der Waals surface area contributed by atoms with Gasteiger partial charge in [0.2, 0.25) is 0 Å². The summed E-state index contributed by atoms with van der Waals surface area (Å²) in [7, 11) is 0. The molecule has 94 valence electrons. The second kappa shape index (κ2) is 4.60. The molecular formula is C8H5F5N2O2. The quantitative estimate of drug-likeness (QED) is 0.842. The largest absolute Gasteiger partial charge is 0.478 e. The lowest BCUT2D eigenvalue weighted by Crippen LogP contribution is -2.17. The Morgan fingerprint density at radius 1 is 1.41 bits per heavy atom. The molecule has 0 aliphatic carbocycles. The van der Waals surface area contributed by atoms with E-state index in [0.29, 0.717) is 6.20 Å². The highest BCUT2D eigenvalue weighted by molar-refractivity contribution is 5.88. The zero-order valence-corrected chi connectivity index (χ0v) is 8.00. The monoisotopic (exact) mass is 256 g/mol. The van der Waals surface area contributed by atoms with Crippen LogP contribution in [-0.2, 0) is 6.42 Å². The lowest BCUT2D eigenvalue weighted by molar-refractivity contribution is -0.128. The minimum atomic E-state index is -4.65. The van der Waals surface area contributed by atoms with Crippen LogP contribution in [0, 0.1) is 0 Å². The van der Waals surface area contributed by atoms with Crippen molar-refractivity contribution in [1.29, 1.82) is 0 Å². The van der Waals surface area contributed by atoms with E-state index in [-0.39, 0.29) is 0 Å². The van der Waals surface area contributed by atoms with Crippen LogP contribution in [0.2, 0.25) is 0 Å².